The van der Waals surface area contributed by atoms with E-state index in [1.165, 1.54) is 38.8 Å². The van der Waals surface area contributed by atoms with Gasteiger partial charge in [0.1, 0.15) is 0 Å². The zero-order valence-electron chi connectivity index (χ0n) is 14.8. The fourth-order valence-corrected chi connectivity index (χ4v) is 3.67. The first-order valence-electron chi connectivity index (χ1n) is 8.81. The van der Waals surface area contributed by atoms with E-state index in [-0.39, 0.29) is 0 Å². The molecule has 1 saturated heterocycles. The van der Waals surface area contributed by atoms with Crippen molar-refractivity contribution in [3.8, 4) is 0 Å². The Labute approximate surface area is 127 Å². The van der Waals surface area contributed by atoms with Crippen molar-refractivity contribution in [2.24, 2.45) is 17.3 Å². The van der Waals surface area contributed by atoms with Gasteiger partial charge in [-0.05, 0) is 56.5 Å². The standard InChI is InChI=1S/C18H38N2/c1-7-9-18(6,13-19-12-15(2)3)14-20-10-8-16(4)11-17(20)5/h15-17,19H,7-14H2,1-6H3. The van der Waals surface area contributed by atoms with Gasteiger partial charge < -0.3 is 10.2 Å². The molecule has 1 N–H and O–H groups in total. The number of piperidine rings is 1. The van der Waals surface area contributed by atoms with Crippen molar-refractivity contribution in [3.63, 3.8) is 0 Å². The van der Waals surface area contributed by atoms with Crippen LogP contribution in [0.15, 0.2) is 0 Å². The van der Waals surface area contributed by atoms with E-state index in [1.807, 2.05) is 0 Å². The highest BCUT2D eigenvalue weighted by atomic mass is 15.2. The molecule has 1 aliphatic rings. The first-order chi connectivity index (χ1) is 9.36. The molecular weight excluding hydrogens is 244 g/mol. The Balaban J connectivity index is 2.51. The lowest BCUT2D eigenvalue weighted by molar-refractivity contribution is 0.0720. The lowest BCUT2D eigenvalue weighted by Gasteiger charge is -2.42. The summed E-state index contributed by atoms with van der Waals surface area (Å²) in [6, 6.07) is 0.764. The highest BCUT2D eigenvalue weighted by molar-refractivity contribution is 4.85. The molecule has 0 spiro atoms. The van der Waals surface area contributed by atoms with Crippen molar-refractivity contribution in [2.45, 2.75) is 73.3 Å². The van der Waals surface area contributed by atoms with Gasteiger partial charge >= 0.3 is 0 Å². The normalized spacial score (nSPS) is 27.8. The highest BCUT2D eigenvalue weighted by Gasteiger charge is 2.30. The fourth-order valence-electron chi connectivity index (χ4n) is 3.67. The number of hydrogen-bond donors (Lipinski definition) is 1. The van der Waals surface area contributed by atoms with E-state index in [4.69, 9.17) is 0 Å². The predicted molar refractivity (Wildman–Crippen MR) is 90.2 cm³/mol. The maximum absolute atomic E-state index is 3.70. The van der Waals surface area contributed by atoms with Crippen molar-refractivity contribution in [2.75, 3.05) is 26.2 Å². The average molecular weight is 283 g/mol. The van der Waals surface area contributed by atoms with Crippen LogP contribution in [0.5, 0.6) is 0 Å². The summed E-state index contributed by atoms with van der Waals surface area (Å²) in [5.41, 5.74) is 0.429. The summed E-state index contributed by atoms with van der Waals surface area (Å²) < 4.78 is 0. The summed E-state index contributed by atoms with van der Waals surface area (Å²) in [4.78, 5) is 2.74. The Morgan fingerprint density at radius 1 is 1.30 bits per heavy atom. The number of rotatable bonds is 8. The van der Waals surface area contributed by atoms with Crippen molar-refractivity contribution in [1.82, 2.24) is 10.2 Å². The number of hydrogen-bond acceptors (Lipinski definition) is 2. The minimum Gasteiger partial charge on any atom is -0.316 e. The van der Waals surface area contributed by atoms with Crippen LogP contribution < -0.4 is 5.32 Å². The molecule has 0 aliphatic carbocycles. The fraction of sp³-hybridized carbons (Fsp3) is 1.00. The number of nitrogens with one attached hydrogen (secondary N) is 1. The summed E-state index contributed by atoms with van der Waals surface area (Å²) in [5.74, 6) is 1.66. The van der Waals surface area contributed by atoms with Crippen LogP contribution in [-0.4, -0.2) is 37.1 Å². The van der Waals surface area contributed by atoms with Crippen LogP contribution in [0.25, 0.3) is 0 Å². The van der Waals surface area contributed by atoms with Crippen molar-refractivity contribution < 1.29 is 0 Å². The molecule has 1 heterocycles. The van der Waals surface area contributed by atoms with Gasteiger partial charge in [0.2, 0.25) is 0 Å². The van der Waals surface area contributed by atoms with Gasteiger partial charge in [-0.25, -0.2) is 0 Å². The first kappa shape index (κ1) is 18.0. The molecule has 1 rings (SSSR count). The summed E-state index contributed by atoms with van der Waals surface area (Å²) in [6.45, 7) is 19.1. The monoisotopic (exact) mass is 282 g/mol. The van der Waals surface area contributed by atoms with Crippen LogP contribution >= 0.6 is 0 Å². The van der Waals surface area contributed by atoms with Crippen molar-refractivity contribution in [3.05, 3.63) is 0 Å². The molecule has 3 unspecified atom stereocenters. The molecule has 1 aliphatic heterocycles. The van der Waals surface area contributed by atoms with Gasteiger partial charge in [0.05, 0.1) is 0 Å². The topological polar surface area (TPSA) is 15.3 Å². The third-order valence-electron chi connectivity index (χ3n) is 4.82. The van der Waals surface area contributed by atoms with Crippen LogP contribution in [0.3, 0.4) is 0 Å². The minimum absolute atomic E-state index is 0.429. The molecule has 2 heteroatoms. The van der Waals surface area contributed by atoms with Crippen molar-refractivity contribution >= 4 is 0 Å². The summed E-state index contributed by atoms with van der Waals surface area (Å²) in [5, 5.41) is 3.70. The van der Waals surface area contributed by atoms with E-state index in [2.05, 4.69) is 51.8 Å². The third-order valence-corrected chi connectivity index (χ3v) is 4.82. The van der Waals surface area contributed by atoms with E-state index in [0.717, 1.165) is 31.0 Å². The Morgan fingerprint density at radius 3 is 2.55 bits per heavy atom. The van der Waals surface area contributed by atoms with E-state index in [9.17, 15) is 0 Å². The van der Waals surface area contributed by atoms with Crippen LogP contribution in [0.2, 0.25) is 0 Å². The molecule has 0 saturated carbocycles. The van der Waals surface area contributed by atoms with Gasteiger partial charge in [0, 0.05) is 19.1 Å². The van der Waals surface area contributed by atoms with Gasteiger partial charge in [-0.15, -0.1) is 0 Å². The van der Waals surface area contributed by atoms with Gasteiger partial charge in [-0.3, -0.25) is 0 Å². The molecular formula is C18H38N2. The summed E-state index contributed by atoms with van der Waals surface area (Å²) in [6.07, 6.45) is 5.38. The van der Waals surface area contributed by atoms with E-state index < -0.39 is 0 Å². The third kappa shape index (κ3) is 6.13. The SMILES string of the molecule is CCCC(C)(CNCC(C)C)CN1CCC(C)CC1C. The number of nitrogens with zero attached hydrogens (tertiary/aromatic N) is 1. The van der Waals surface area contributed by atoms with Crippen LogP contribution in [0.1, 0.15) is 67.2 Å². The smallest absolute Gasteiger partial charge is 0.00697 e. The van der Waals surface area contributed by atoms with Gasteiger partial charge in [0.25, 0.3) is 0 Å². The molecule has 0 aromatic carbocycles. The average Bonchev–Trinajstić information content (AvgIpc) is 2.33. The zero-order chi connectivity index (χ0) is 15.2. The van der Waals surface area contributed by atoms with Crippen LogP contribution in [0.4, 0.5) is 0 Å². The largest absolute Gasteiger partial charge is 0.316 e. The maximum atomic E-state index is 3.70. The lowest BCUT2D eigenvalue weighted by Crippen LogP contribution is -2.48. The maximum Gasteiger partial charge on any atom is 0.00697 e. The second-order valence-corrected chi connectivity index (χ2v) is 8.03. The predicted octanol–water partition coefficient (Wildman–Crippen LogP) is 4.16. The molecule has 0 radical (unpaired) electrons. The van der Waals surface area contributed by atoms with Gasteiger partial charge in [-0.1, -0.05) is 41.0 Å². The number of likely N-dealkylation sites (tertiary alicyclic amines) is 1. The molecule has 0 amide bonds. The second kappa shape index (κ2) is 8.38. The van der Waals surface area contributed by atoms with E-state index in [0.29, 0.717) is 5.41 Å². The highest BCUT2D eigenvalue weighted by Crippen LogP contribution is 2.29. The Morgan fingerprint density at radius 2 is 2.00 bits per heavy atom. The van der Waals surface area contributed by atoms with E-state index in [1.54, 1.807) is 0 Å². The van der Waals surface area contributed by atoms with Gasteiger partial charge in [0.15, 0.2) is 0 Å². The van der Waals surface area contributed by atoms with E-state index >= 15 is 0 Å². The molecule has 3 atom stereocenters. The van der Waals surface area contributed by atoms with Crippen molar-refractivity contribution in [1.29, 1.82) is 0 Å². The minimum atomic E-state index is 0.429. The molecule has 2 nitrogen and oxygen atoms in total. The molecule has 0 aromatic rings. The molecule has 0 aromatic heterocycles. The summed E-state index contributed by atoms with van der Waals surface area (Å²) >= 11 is 0. The Kier molecular flexibility index (Phi) is 7.53. The zero-order valence-corrected chi connectivity index (χ0v) is 14.8. The molecule has 20 heavy (non-hydrogen) atoms. The quantitative estimate of drug-likeness (QED) is 0.719. The second-order valence-electron chi connectivity index (χ2n) is 8.03. The first-order valence-corrected chi connectivity index (χ1v) is 8.81. The molecule has 1 fully saturated rings. The molecule has 120 valence electrons. The molecule has 0 bridgehead atoms. The van der Waals surface area contributed by atoms with Gasteiger partial charge in [-0.2, -0.15) is 0 Å². The van der Waals surface area contributed by atoms with Crippen LogP contribution in [0, 0.1) is 17.3 Å². The Hall–Kier alpha value is -0.0800. The van der Waals surface area contributed by atoms with Crippen LogP contribution in [-0.2, 0) is 0 Å². The lowest BCUT2D eigenvalue weighted by atomic mass is 9.82. The Bertz CT molecular complexity index is 264. The summed E-state index contributed by atoms with van der Waals surface area (Å²) in [7, 11) is 0.